The molecule has 10 aromatic carbocycles. The van der Waals surface area contributed by atoms with Crippen LogP contribution in [0.5, 0.6) is 11.6 Å². The molecule has 3 aliphatic heterocycles. The van der Waals surface area contributed by atoms with Crippen LogP contribution in [0.3, 0.4) is 0 Å². The second kappa shape index (κ2) is 17.6. The SMILES string of the molecule is [2H]C([2H])([2H])c1cccc(-c2cccc(-c3ccc(-c4ccccc4)cc3)c2-n2[c](=[Pt])n(-c3cccc(Oc4nc5c(c(C([2H])([2H])[2H])c4-c4ccccc4)-c4cccc6c4B4N(c7ccccc7-6)c6ccccc6N45)c3)c3ccccc32)c1. The molecule has 5 heterocycles. The Labute approximate surface area is 461 Å². The van der Waals surface area contributed by atoms with Crippen molar-refractivity contribution in [1.82, 2.24) is 14.1 Å². The third-order valence-electron chi connectivity index (χ3n) is 15.1. The number of pyridine rings is 1. The Kier molecular flexibility index (Phi) is 8.90. The second-order valence-corrected chi connectivity index (χ2v) is 20.4. The van der Waals surface area contributed by atoms with E-state index in [0.29, 0.717) is 28.3 Å². The number of imidazole rings is 1. The van der Waals surface area contributed by atoms with Gasteiger partial charge in [0.05, 0.1) is 0 Å². The summed E-state index contributed by atoms with van der Waals surface area (Å²) >= 11 is 2.40. The molecule has 76 heavy (non-hydrogen) atoms. The fraction of sp³-hybridized carbons (Fsp3) is 0.0294. The number of hydrogen-bond donors (Lipinski definition) is 0. The number of ether oxygens (including phenoxy) is 1. The van der Waals surface area contributed by atoms with E-state index in [0.717, 1.165) is 98.8 Å². The van der Waals surface area contributed by atoms with E-state index in [1.807, 2.05) is 127 Å². The van der Waals surface area contributed by atoms with Gasteiger partial charge in [-0.2, -0.15) is 0 Å². The van der Waals surface area contributed by atoms with E-state index in [1.165, 1.54) is 0 Å². The van der Waals surface area contributed by atoms with Gasteiger partial charge >= 0.3 is 392 Å². The van der Waals surface area contributed by atoms with Crippen LogP contribution in [0.4, 0.5) is 22.9 Å². The van der Waals surface area contributed by atoms with Crippen molar-refractivity contribution >= 4 is 46.4 Å². The Hall–Kier alpha value is -9.03. The molecule has 0 unspecified atom stereocenters. The topological polar surface area (TPSA) is 38.5 Å². The number of rotatable bonds is 8. The fourth-order valence-corrected chi connectivity index (χ4v) is 13.0. The number of fused-ring (bicyclic) bond motifs is 10. The number of aryl methyl sites for hydroxylation is 1. The summed E-state index contributed by atoms with van der Waals surface area (Å²) in [7, 11) is 0. The summed E-state index contributed by atoms with van der Waals surface area (Å²) < 4.78 is 66.1. The summed E-state index contributed by atoms with van der Waals surface area (Å²) in [6.07, 6.45) is 0. The maximum absolute atomic E-state index is 9.51. The van der Waals surface area contributed by atoms with Crippen molar-refractivity contribution in [3.63, 3.8) is 0 Å². The van der Waals surface area contributed by atoms with Gasteiger partial charge in [0.1, 0.15) is 0 Å². The first-order chi connectivity index (χ1) is 39.9. The van der Waals surface area contributed by atoms with Crippen LogP contribution in [0, 0.1) is 17.5 Å². The molecule has 3 aliphatic rings. The number of nitrogens with zero attached hydrogens (tertiary/aromatic N) is 5. The van der Waals surface area contributed by atoms with Crippen molar-refractivity contribution in [3.8, 4) is 89.8 Å². The van der Waals surface area contributed by atoms with Crippen molar-refractivity contribution in [2.24, 2.45) is 0 Å². The third kappa shape index (κ3) is 6.78. The van der Waals surface area contributed by atoms with Crippen molar-refractivity contribution in [2.75, 3.05) is 9.62 Å². The summed E-state index contributed by atoms with van der Waals surface area (Å²) in [6.45, 7) is -5.28. The average molecular weight is 1160 g/mol. The molecule has 0 N–H and O–H groups in total. The van der Waals surface area contributed by atoms with Gasteiger partial charge in [-0.05, 0) is 17.7 Å². The first-order valence-electron chi connectivity index (χ1n) is 28.3. The van der Waals surface area contributed by atoms with Crippen molar-refractivity contribution in [2.45, 2.75) is 13.7 Å². The van der Waals surface area contributed by atoms with Crippen LogP contribution in [0.25, 0.3) is 89.2 Å². The quantitative estimate of drug-likeness (QED) is 0.142. The fourth-order valence-electron chi connectivity index (χ4n) is 11.9. The molecule has 15 rings (SSSR count). The van der Waals surface area contributed by atoms with Crippen LogP contribution in [0.2, 0.25) is 0 Å². The number of para-hydroxylation sites is 6. The molecular weight excluding hydrogens is 1110 g/mol. The van der Waals surface area contributed by atoms with Gasteiger partial charge in [-0.25, -0.2) is 0 Å². The molecule has 0 spiro atoms. The Bertz CT molecular complexity index is 4640. The molecule has 0 radical (unpaired) electrons. The molecule has 12 aromatic rings. The van der Waals surface area contributed by atoms with Crippen LogP contribution in [0.15, 0.2) is 243 Å². The van der Waals surface area contributed by atoms with E-state index in [4.69, 9.17) is 13.8 Å². The first kappa shape index (κ1) is 38.5. The zero-order valence-corrected chi connectivity index (χ0v) is 42.9. The molecule has 6 nitrogen and oxygen atoms in total. The molecule has 0 bridgehead atoms. The van der Waals surface area contributed by atoms with Crippen LogP contribution >= 0.6 is 0 Å². The average Bonchev–Trinajstić information content (AvgIpc) is 3.55. The van der Waals surface area contributed by atoms with E-state index in [-0.39, 0.29) is 24.0 Å². The summed E-state index contributed by atoms with van der Waals surface area (Å²) in [5, 5.41) is 0. The van der Waals surface area contributed by atoms with Gasteiger partial charge in [-0.1, -0.05) is 42.5 Å². The normalized spacial score (nSPS) is 14.1. The number of benzene rings is 10. The molecule has 0 fully saturated rings. The Morgan fingerprint density at radius 1 is 0.447 bits per heavy atom. The predicted molar refractivity (Wildman–Crippen MR) is 308 cm³/mol. The third-order valence-corrected chi connectivity index (χ3v) is 16.2. The zero-order valence-electron chi connectivity index (χ0n) is 46.6. The Balaban J connectivity index is 0.927. The second-order valence-electron chi connectivity index (χ2n) is 19.3. The molecule has 0 saturated carbocycles. The summed E-state index contributed by atoms with van der Waals surface area (Å²) in [5.41, 5.74) is 18.3. The number of hydrogen-bond acceptors (Lipinski definition) is 4. The predicted octanol–water partition coefficient (Wildman–Crippen LogP) is 16.6. The van der Waals surface area contributed by atoms with E-state index in [2.05, 4.69) is 141 Å². The van der Waals surface area contributed by atoms with Gasteiger partial charge in [-0.3, -0.25) is 0 Å². The summed E-state index contributed by atoms with van der Waals surface area (Å²) in [5.74, 6) is 1.12. The van der Waals surface area contributed by atoms with E-state index < -0.39 is 13.7 Å². The Morgan fingerprint density at radius 2 is 1.03 bits per heavy atom. The van der Waals surface area contributed by atoms with Gasteiger partial charge in [-0.15, -0.1) is 0 Å². The molecule has 2 aromatic heterocycles. The molecule has 0 saturated heterocycles. The van der Waals surface area contributed by atoms with Crippen LogP contribution in [-0.4, -0.2) is 21.1 Å². The van der Waals surface area contributed by atoms with Gasteiger partial charge in [0.25, 0.3) is 0 Å². The molecule has 362 valence electrons. The number of anilines is 4. The molecule has 0 amide bonds. The monoisotopic (exact) mass is 1160 g/mol. The zero-order chi connectivity index (χ0) is 55.6. The molecular formula is C68H46BN5OPt. The first-order valence-corrected chi connectivity index (χ1v) is 26.4. The summed E-state index contributed by atoms with van der Waals surface area (Å²) in [4.78, 5) is 10.1. The maximum atomic E-state index is 9.51. The van der Waals surface area contributed by atoms with E-state index >= 15 is 0 Å². The van der Waals surface area contributed by atoms with Gasteiger partial charge in [0.2, 0.25) is 0 Å². The van der Waals surface area contributed by atoms with Gasteiger partial charge in [0, 0.05) is 11.3 Å². The van der Waals surface area contributed by atoms with Crippen LogP contribution in [-0.2, 0) is 19.4 Å². The summed E-state index contributed by atoms with van der Waals surface area (Å²) in [6, 6.07) is 81.0. The molecule has 0 atom stereocenters. The molecule has 0 aliphatic carbocycles. The van der Waals surface area contributed by atoms with Crippen molar-refractivity contribution < 1.29 is 32.3 Å². The van der Waals surface area contributed by atoms with Crippen molar-refractivity contribution in [1.29, 1.82) is 0 Å². The van der Waals surface area contributed by atoms with Crippen LogP contribution in [0.1, 0.15) is 19.4 Å². The minimum absolute atomic E-state index is 0.164. The van der Waals surface area contributed by atoms with Gasteiger partial charge < -0.3 is 0 Å². The molecule has 8 heteroatoms. The van der Waals surface area contributed by atoms with Crippen molar-refractivity contribution in [3.05, 3.63) is 258 Å². The van der Waals surface area contributed by atoms with E-state index in [9.17, 15) is 4.11 Å². The standard InChI is InChI=1S/C68H46BN5O.Pt/c1-44-19-15-24-50(41-44)54-29-17-28-53(48-39-37-47(38-40-48)46-20-5-3-6-21-46)66(54)72-43-71(59-33-11-12-34-60(59)72)51-25-16-26-52(42-51)75-68-63(49-22-7-4-8-23-49)45(2)64-57-31-18-30-56-55-27-9-10-32-58(55)73-61-35-13-14-36-62(61)74(67(64)70-68)69(73)65(56)57;/h3-42H,1-2H3;/i1D3,2D3;. The van der Waals surface area contributed by atoms with E-state index in [1.54, 1.807) is 12.1 Å². The number of aromatic nitrogens is 3. The van der Waals surface area contributed by atoms with Gasteiger partial charge in [0.15, 0.2) is 0 Å². The Morgan fingerprint density at radius 3 is 1.79 bits per heavy atom. The van der Waals surface area contributed by atoms with Crippen LogP contribution < -0.4 is 19.8 Å². The minimum atomic E-state index is -2.62.